The Balaban J connectivity index is 1.71. The van der Waals surface area contributed by atoms with Gasteiger partial charge in [0.25, 0.3) is 5.91 Å². The van der Waals surface area contributed by atoms with Gasteiger partial charge in [0.2, 0.25) is 5.82 Å². The number of carbonyl (C=O) groups excluding carboxylic acids is 1. The monoisotopic (exact) mass is 353 g/mol. The van der Waals surface area contributed by atoms with E-state index in [1.165, 1.54) is 34.6 Å². The van der Waals surface area contributed by atoms with Crippen LogP contribution in [0.1, 0.15) is 38.3 Å². The van der Waals surface area contributed by atoms with Crippen molar-refractivity contribution in [3.63, 3.8) is 0 Å². The maximum absolute atomic E-state index is 12.9. The molecule has 26 heavy (non-hydrogen) atoms. The highest BCUT2D eigenvalue weighted by Crippen LogP contribution is 2.20. The van der Waals surface area contributed by atoms with E-state index in [0.717, 1.165) is 5.56 Å². The van der Waals surface area contributed by atoms with Gasteiger partial charge in [0.05, 0.1) is 0 Å². The average molecular weight is 353 g/mol. The minimum absolute atomic E-state index is 0.310. The topological polar surface area (TPSA) is 72.7 Å². The number of nitrogens with zero attached hydrogens (tertiary/aromatic N) is 4. The second kappa shape index (κ2) is 7.43. The SMILES string of the molecule is CC(C)c1ccc(-c2nnn([C@@H](C)C(=O)Nc3ccc(F)cc3)n2)cc1. The number of hydrogen-bond acceptors (Lipinski definition) is 4. The summed E-state index contributed by atoms with van der Waals surface area (Å²) in [5.41, 5.74) is 2.58. The number of hydrogen-bond donors (Lipinski definition) is 1. The van der Waals surface area contributed by atoms with Crippen LogP contribution in [0.4, 0.5) is 10.1 Å². The summed E-state index contributed by atoms with van der Waals surface area (Å²) in [4.78, 5) is 13.6. The summed E-state index contributed by atoms with van der Waals surface area (Å²) >= 11 is 0. The van der Waals surface area contributed by atoms with Crippen molar-refractivity contribution in [2.24, 2.45) is 0 Å². The largest absolute Gasteiger partial charge is 0.324 e. The van der Waals surface area contributed by atoms with Gasteiger partial charge in [-0.05, 0) is 47.9 Å². The summed E-state index contributed by atoms with van der Waals surface area (Å²) in [5.74, 6) is 0.238. The standard InChI is InChI=1S/C19H20FN5O/c1-12(2)14-4-6-15(7-5-14)18-22-24-25(23-18)13(3)19(26)21-17-10-8-16(20)9-11-17/h4-13H,1-3H3,(H,21,26)/t13-/m0/s1. The normalized spacial score (nSPS) is 12.2. The number of halogens is 1. The number of amides is 1. The summed E-state index contributed by atoms with van der Waals surface area (Å²) in [6, 6.07) is 12.9. The van der Waals surface area contributed by atoms with Gasteiger partial charge in [0, 0.05) is 11.3 Å². The second-order valence-electron chi connectivity index (χ2n) is 6.38. The zero-order chi connectivity index (χ0) is 18.7. The van der Waals surface area contributed by atoms with Crippen LogP contribution < -0.4 is 5.32 Å². The van der Waals surface area contributed by atoms with Gasteiger partial charge in [0.15, 0.2) is 0 Å². The molecule has 1 aromatic heterocycles. The number of benzene rings is 2. The van der Waals surface area contributed by atoms with E-state index < -0.39 is 6.04 Å². The summed E-state index contributed by atoms with van der Waals surface area (Å²) in [7, 11) is 0. The van der Waals surface area contributed by atoms with E-state index >= 15 is 0 Å². The molecular weight excluding hydrogens is 333 g/mol. The Morgan fingerprint density at radius 3 is 2.31 bits per heavy atom. The highest BCUT2D eigenvalue weighted by Gasteiger charge is 2.19. The molecule has 0 bridgehead atoms. The maximum Gasteiger partial charge on any atom is 0.250 e. The molecule has 0 radical (unpaired) electrons. The Kier molecular flexibility index (Phi) is 5.06. The average Bonchev–Trinajstić information content (AvgIpc) is 3.13. The number of aromatic nitrogens is 4. The van der Waals surface area contributed by atoms with E-state index in [2.05, 4.69) is 34.6 Å². The number of tetrazole rings is 1. The summed E-state index contributed by atoms with van der Waals surface area (Å²) in [6.45, 7) is 5.93. The van der Waals surface area contributed by atoms with Crippen molar-refractivity contribution in [2.45, 2.75) is 32.7 Å². The van der Waals surface area contributed by atoms with Gasteiger partial charge in [-0.1, -0.05) is 38.1 Å². The van der Waals surface area contributed by atoms with Crippen molar-refractivity contribution in [3.05, 3.63) is 59.9 Å². The fourth-order valence-electron chi connectivity index (χ4n) is 2.41. The predicted octanol–water partition coefficient (Wildman–Crippen LogP) is 3.80. The third kappa shape index (κ3) is 3.93. The fourth-order valence-corrected chi connectivity index (χ4v) is 2.41. The number of anilines is 1. The number of nitrogens with one attached hydrogen (secondary N) is 1. The smallest absolute Gasteiger partial charge is 0.250 e. The molecule has 0 aliphatic heterocycles. The van der Waals surface area contributed by atoms with E-state index in [1.54, 1.807) is 6.92 Å². The first-order chi connectivity index (χ1) is 12.4. The van der Waals surface area contributed by atoms with Crippen LogP contribution in [0.25, 0.3) is 11.4 Å². The Morgan fingerprint density at radius 1 is 1.04 bits per heavy atom. The molecule has 0 spiro atoms. The molecule has 7 heteroatoms. The van der Waals surface area contributed by atoms with Gasteiger partial charge in [-0.25, -0.2) is 4.39 Å². The molecule has 1 heterocycles. The van der Waals surface area contributed by atoms with Gasteiger partial charge in [-0.2, -0.15) is 4.80 Å². The maximum atomic E-state index is 12.9. The van der Waals surface area contributed by atoms with Crippen LogP contribution in [0, 0.1) is 5.82 Å². The number of carbonyl (C=O) groups is 1. The lowest BCUT2D eigenvalue weighted by Gasteiger charge is -2.10. The summed E-state index contributed by atoms with van der Waals surface area (Å²) < 4.78 is 12.9. The lowest BCUT2D eigenvalue weighted by Crippen LogP contribution is -2.25. The lowest BCUT2D eigenvalue weighted by atomic mass is 10.0. The highest BCUT2D eigenvalue weighted by molar-refractivity contribution is 5.93. The molecular formula is C19H20FN5O. The highest BCUT2D eigenvalue weighted by atomic mass is 19.1. The Hall–Kier alpha value is -3.09. The van der Waals surface area contributed by atoms with Crippen molar-refractivity contribution in [1.82, 2.24) is 20.2 Å². The lowest BCUT2D eigenvalue weighted by molar-refractivity contribution is -0.119. The first-order valence-electron chi connectivity index (χ1n) is 8.40. The summed E-state index contributed by atoms with van der Waals surface area (Å²) in [6.07, 6.45) is 0. The van der Waals surface area contributed by atoms with Crippen LogP contribution in [0.2, 0.25) is 0 Å². The second-order valence-corrected chi connectivity index (χ2v) is 6.38. The molecule has 0 aliphatic carbocycles. The minimum atomic E-state index is -0.656. The molecule has 6 nitrogen and oxygen atoms in total. The first-order valence-corrected chi connectivity index (χ1v) is 8.40. The third-order valence-electron chi connectivity index (χ3n) is 4.10. The molecule has 0 fully saturated rings. The van der Waals surface area contributed by atoms with Crippen LogP contribution >= 0.6 is 0 Å². The zero-order valence-corrected chi connectivity index (χ0v) is 14.8. The molecule has 0 unspecified atom stereocenters. The molecule has 1 N–H and O–H groups in total. The Bertz CT molecular complexity index is 887. The molecule has 0 saturated carbocycles. The van der Waals surface area contributed by atoms with Gasteiger partial charge < -0.3 is 5.32 Å². The Morgan fingerprint density at radius 2 is 1.69 bits per heavy atom. The zero-order valence-electron chi connectivity index (χ0n) is 14.8. The van der Waals surface area contributed by atoms with Crippen molar-refractivity contribution >= 4 is 11.6 Å². The van der Waals surface area contributed by atoms with Crippen molar-refractivity contribution in [1.29, 1.82) is 0 Å². The summed E-state index contributed by atoms with van der Waals surface area (Å²) in [5, 5.41) is 15.0. The van der Waals surface area contributed by atoms with Gasteiger partial charge >= 0.3 is 0 Å². The van der Waals surface area contributed by atoms with Crippen molar-refractivity contribution in [3.8, 4) is 11.4 Å². The molecule has 1 amide bonds. The van der Waals surface area contributed by atoms with Crippen molar-refractivity contribution < 1.29 is 9.18 Å². The van der Waals surface area contributed by atoms with Crippen LogP contribution in [0.15, 0.2) is 48.5 Å². The van der Waals surface area contributed by atoms with E-state index in [4.69, 9.17) is 0 Å². The quantitative estimate of drug-likeness (QED) is 0.757. The van der Waals surface area contributed by atoms with E-state index in [1.807, 2.05) is 24.3 Å². The fraction of sp³-hybridized carbons (Fsp3) is 0.263. The third-order valence-corrected chi connectivity index (χ3v) is 4.10. The Labute approximate surface area is 151 Å². The van der Waals surface area contributed by atoms with E-state index in [-0.39, 0.29) is 11.7 Å². The van der Waals surface area contributed by atoms with E-state index in [9.17, 15) is 9.18 Å². The molecule has 2 aromatic carbocycles. The first kappa shape index (κ1) is 17.7. The number of rotatable bonds is 5. The molecule has 3 rings (SSSR count). The van der Waals surface area contributed by atoms with Crippen LogP contribution in [-0.2, 0) is 4.79 Å². The van der Waals surface area contributed by atoms with Crippen LogP contribution in [0.3, 0.4) is 0 Å². The minimum Gasteiger partial charge on any atom is -0.324 e. The molecule has 1 atom stereocenters. The van der Waals surface area contributed by atoms with Crippen LogP contribution in [-0.4, -0.2) is 26.1 Å². The molecule has 0 saturated heterocycles. The predicted molar refractivity (Wildman–Crippen MR) is 97.1 cm³/mol. The van der Waals surface area contributed by atoms with Gasteiger partial charge in [-0.3, -0.25) is 4.79 Å². The molecule has 3 aromatic rings. The van der Waals surface area contributed by atoms with E-state index in [0.29, 0.717) is 17.4 Å². The van der Waals surface area contributed by atoms with Crippen molar-refractivity contribution in [2.75, 3.05) is 5.32 Å². The molecule has 134 valence electrons. The van der Waals surface area contributed by atoms with Gasteiger partial charge in [-0.15, -0.1) is 10.2 Å². The van der Waals surface area contributed by atoms with Crippen LogP contribution in [0.5, 0.6) is 0 Å². The van der Waals surface area contributed by atoms with Gasteiger partial charge in [0.1, 0.15) is 11.9 Å². The molecule has 0 aliphatic rings.